The highest BCUT2D eigenvalue weighted by Crippen LogP contribution is 2.31. The van der Waals surface area contributed by atoms with Crippen molar-refractivity contribution in [3.63, 3.8) is 0 Å². The van der Waals surface area contributed by atoms with Gasteiger partial charge in [-0.1, -0.05) is 36.8 Å². The normalized spacial score (nSPS) is 25.2. The monoisotopic (exact) mass is 470 g/mol. The van der Waals surface area contributed by atoms with Crippen molar-refractivity contribution in [1.82, 2.24) is 20.0 Å². The highest BCUT2D eigenvalue weighted by atomic mass is 16.5. The lowest BCUT2D eigenvalue weighted by atomic mass is 9.83. The molecule has 8 nitrogen and oxygen atoms in total. The summed E-state index contributed by atoms with van der Waals surface area (Å²) in [4.78, 5) is 44.6. The number of carbonyl (C=O) groups excluding carboxylic acids is 3. The predicted molar refractivity (Wildman–Crippen MR) is 129 cm³/mol. The van der Waals surface area contributed by atoms with Crippen molar-refractivity contribution in [1.29, 1.82) is 0 Å². The van der Waals surface area contributed by atoms with Crippen molar-refractivity contribution in [3.05, 3.63) is 35.9 Å². The Morgan fingerprint density at radius 2 is 1.91 bits per heavy atom. The largest absolute Gasteiger partial charge is 0.385 e. The summed E-state index contributed by atoms with van der Waals surface area (Å²) in [5, 5.41) is 2.73. The lowest BCUT2D eigenvalue weighted by Gasteiger charge is -2.45. The van der Waals surface area contributed by atoms with Gasteiger partial charge in [0.05, 0.1) is 13.0 Å². The summed E-state index contributed by atoms with van der Waals surface area (Å²) < 4.78 is 5.22. The molecule has 0 bridgehead atoms. The van der Waals surface area contributed by atoms with Crippen molar-refractivity contribution < 1.29 is 19.1 Å². The van der Waals surface area contributed by atoms with Gasteiger partial charge in [0.25, 0.3) is 5.91 Å². The van der Waals surface area contributed by atoms with Crippen molar-refractivity contribution in [2.75, 3.05) is 39.9 Å². The van der Waals surface area contributed by atoms with Crippen LogP contribution in [0.2, 0.25) is 0 Å². The lowest BCUT2D eigenvalue weighted by molar-refractivity contribution is -0.137. The molecule has 4 rings (SSSR count). The Bertz CT molecular complexity index is 846. The number of nitrogens with zero attached hydrogens (tertiary/aromatic N) is 3. The summed E-state index contributed by atoms with van der Waals surface area (Å²) >= 11 is 0. The second-order valence-corrected chi connectivity index (χ2v) is 9.80. The molecule has 3 heterocycles. The van der Waals surface area contributed by atoms with Crippen molar-refractivity contribution in [2.45, 2.75) is 63.6 Å². The SMILES string of the molecule is COCCCN(C[C@@H]1CCCN2CCCC[C@@H]12)C(=O)C[C@@H]1NC(=O)N(Cc2ccccc2)C1=O. The Morgan fingerprint density at radius 3 is 2.71 bits per heavy atom. The number of hydrogen-bond acceptors (Lipinski definition) is 5. The second-order valence-electron chi connectivity index (χ2n) is 9.80. The van der Waals surface area contributed by atoms with Gasteiger partial charge in [0, 0.05) is 32.8 Å². The highest BCUT2D eigenvalue weighted by molar-refractivity contribution is 6.05. The minimum Gasteiger partial charge on any atom is -0.385 e. The van der Waals surface area contributed by atoms with Crippen LogP contribution in [0.25, 0.3) is 0 Å². The fourth-order valence-corrected chi connectivity index (χ4v) is 5.73. The molecule has 3 aliphatic rings. The minimum atomic E-state index is -0.800. The number of fused-ring (bicyclic) bond motifs is 1. The number of urea groups is 1. The number of ether oxygens (including phenoxy) is 1. The molecule has 186 valence electrons. The van der Waals surface area contributed by atoms with Gasteiger partial charge in [-0.25, -0.2) is 4.79 Å². The average molecular weight is 471 g/mol. The van der Waals surface area contributed by atoms with Gasteiger partial charge >= 0.3 is 6.03 Å². The number of rotatable bonds is 10. The van der Waals surface area contributed by atoms with E-state index in [1.165, 1.54) is 43.7 Å². The zero-order chi connectivity index (χ0) is 23.9. The van der Waals surface area contributed by atoms with Crippen LogP contribution in [0.4, 0.5) is 4.79 Å². The third-order valence-corrected chi connectivity index (χ3v) is 7.48. The standard InChI is InChI=1S/C26H38N4O4/c1-34-16-8-15-29(19-21-11-7-14-28-13-6-5-12-23(21)28)24(31)17-22-25(32)30(26(33)27-22)18-20-9-3-2-4-10-20/h2-4,9-10,21-23H,5-8,11-19H2,1H3,(H,27,33)/t21-,22-,23-/m0/s1. The molecule has 3 atom stereocenters. The molecular formula is C26H38N4O4. The maximum absolute atomic E-state index is 13.4. The number of piperidine rings is 2. The summed E-state index contributed by atoms with van der Waals surface area (Å²) in [6.45, 7) is 4.46. The molecule has 3 aliphatic heterocycles. The number of nitrogens with one attached hydrogen (secondary N) is 1. The van der Waals surface area contributed by atoms with Crippen LogP contribution in [0.15, 0.2) is 30.3 Å². The predicted octanol–water partition coefficient (Wildman–Crippen LogP) is 2.63. The first-order chi connectivity index (χ1) is 16.6. The second kappa shape index (κ2) is 11.8. The van der Waals surface area contributed by atoms with E-state index in [0.29, 0.717) is 31.7 Å². The first-order valence-electron chi connectivity index (χ1n) is 12.7. The Morgan fingerprint density at radius 1 is 1.12 bits per heavy atom. The van der Waals surface area contributed by atoms with Crippen molar-refractivity contribution in [2.24, 2.45) is 5.92 Å². The Labute approximate surface area is 202 Å². The van der Waals surface area contributed by atoms with Gasteiger partial charge in [-0.05, 0) is 56.7 Å². The third-order valence-electron chi connectivity index (χ3n) is 7.48. The Kier molecular flexibility index (Phi) is 8.56. The average Bonchev–Trinajstić information content (AvgIpc) is 3.11. The van der Waals surface area contributed by atoms with E-state index >= 15 is 0 Å². The van der Waals surface area contributed by atoms with Gasteiger partial charge in [-0.15, -0.1) is 0 Å². The van der Waals surface area contributed by atoms with E-state index in [-0.39, 0.29) is 24.8 Å². The molecule has 1 aromatic rings. The summed E-state index contributed by atoms with van der Waals surface area (Å²) in [6, 6.07) is 8.75. The molecule has 34 heavy (non-hydrogen) atoms. The molecule has 1 aromatic carbocycles. The summed E-state index contributed by atoms with van der Waals surface area (Å²) in [7, 11) is 1.67. The fraction of sp³-hybridized carbons (Fsp3) is 0.654. The van der Waals surface area contributed by atoms with Crippen LogP contribution in [0.1, 0.15) is 50.5 Å². The van der Waals surface area contributed by atoms with Crippen molar-refractivity contribution >= 4 is 17.8 Å². The molecule has 0 aromatic heterocycles. The Balaban J connectivity index is 1.39. The molecule has 3 fully saturated rings. The number of amides is 4. The molecule has 0 aliphatic carbocycles. The molecule has 0 saturated carbocycles. The summed E-state index contributed by atoms with van der Waals surface area (Å²) in [6.07, 6.45) is 6.80. The molecule has 0 spiro atoms. The fourth-order valence-electron chi connectivity index (χ4n) is 5.73. The maximum atomic E-state index is 13.4. The molecular weight excluding hydrogens is 432 g/mol. The number of methoxy groups -OCH3 is 1. The molecule has 0 unspecified atom stereocenters. The van der Waals surface area contributed by atoms with Crippen LogP contribution in [-0.4, -0.2) is 84.5 Å². The van der Waals surface area contributed by atoms with Crippen molar-refractivity contribution in [3.8, 4) is 0 Å². The zero-order valence-corrected chi connectivity index (χ0v) is 20.3. The highest BCUT2D eigenvalue weighted by Gasteiger charge is 2.40. The Hall–Kier alpha value is -2.45. The van der Waals surface area contributed by atoms with Gasteiger partial charge in [0.1, 0.15) is 6.04 Å². The molecule has 0 radical (unpaired) electrons. The van der Waals surface area contributed by atoms with E-state index < -0.39 is 12.1 Å². The zero-order valence-electron chi connectivity index (χ0n) is 20.3. The van der Waals surface area contributed by atoms with Crippen LogP contribution in [0.3, 0.4) is 0 Å². The molecule has 1 N–H and O–H groups in total. The van der Waals surface area contributed by atoms with Crippen LogP contribution < -0.4 is 5.32 Å². The molecule has 4 amide bonds. The van der Waals surface area contributed by atoms with Crippen LogP contribution in [-0.2, 0) is 20.9 Å². The maximum Gasteiger partial charge on any atom is 0.325 e. The number of hydrogen-bond donors (Lipinski definition) is 1. The number of imide groups is 1. The van der Waals surface area contributed by atoms with E-state index in [2.05, 4.69) is 10.2 Å². The van der Waals surface area contributed by atoms with Crippen LogP contribution in [0.5, 0.6) is 0 Å². The van der Waals surface area contributed by atoms with E-state index in [1.807, 2.05) is 35.2 Å². The number of benzene rings is 1. The quantitative estimate of drug-likeness (QED) is 0.420. The minimum absolute atomic E-state index is 0.00391. The third kappa shape index (κ3) is 5.96. The summed E-state index contributed by atoms with van der Waals surface area (Å²) in [5.41, 5.74) is 0.883. The van der Waals surface area contributed by atoms with E-state index in [9.17, 15) is 14.4 Å². The first kappa shape index (κ1) is 24.7. The first-order valence-corrected chi connectivity index (χ1v) is 12.7. The van der Waals surface area contributed by atoms with Gasteiger partial charge < -0.3 is 19.9 Å². The number of carbonyl (C=O) groups is 3. The van der Waals surface area contributed by atoms with E-state index in [4.69, 9.17) is 4.74 Å². The van der Waals surface area contributed by atoms with E-state index in [0.717, 1.165) is 18.4 Å². The molecule has 3 saturated heterocycles. The van der Waals surface area contributed by atoms with Gasteiger partial charge in [0.2, 0.25) is 5.91 Å². The van der Waals surface area contributed by atoms with Gasteiger partial charge in [0.15, 0.2) is 0 Å². The summed E-state index contributed by atoms with van der Waals surface area (Å²) in [5.74, 6) is 0.0726. The molecule has 8 heteroatoms. The van der Waals surface area contributed by atoms with Crippen LogP contribution in [0, 0.1) is 5.92 Å². The lowest BCUT2D eigenvalue weighted by Crippen LogP contribution is -2.52. The van der Waals surface area contributed by atoms with E-state index in [1.54, 1.807) is 7.11 Å². The van der Waals surface area contributed by atoms with Gasteiger partial charge in [-0.3, -0.25) is 14.5 Å². The van der Waals surface area contributed by atoms with Gasteiger partial charge in [-0.2, -0.15) is 0 Å². The topological polar surface area (TPSA) is 82.2 Å². The smallest absolute Gasteiger partial charge is 0.325 e. The van der Waals surface area contributed by atoms with Crippen LogP contribution >= 0.6 is 0 Å².